The van der Waals surface area contributed by atoms with Gasteiger partial charge in [0, 0.05) is 17.5 Å². The van der Waals surface area contributed by atoms with Crippen molar-refractivity contribution in [3.8, 4) is 0 Å². The predicted molar refractivity (Wildman–Crippen MR) is 65.9 cm³/mol. The molecule has 1 heterocycles. The zero-order valence-electron chi connectivity index (χ0n) is 8.72. The van der Waals surface area contributed by atoms with E-state index >= 15 is 0 Å². The highest BCUT2D eigenvalue weighted by Gasteiger charge is 2.25. The summed E-state index contributed by atoms with van der Waals surface area (Å²) in [6.07, 6.45) is 9.34. The molecule has 0 spiro atoms. The first-order valence-electron chi connectivity index (χ1n) is 5.39. The van der Waals surface area contributed by atoms with Crippen LogP contribution in [0, 0.1) is 0 Å². The van der Waals surface area contributed by atoms with Gasteiger partial charge in [-0.3, -0.25) is 0 Å². The minimum absolute atomic E-state index is 0.119. The van der Waals surface area contributed by atoms with E-state index in [-0.39, 0.29) is 5.38 Å². The number of allylic oxidation sites excluding steroid dienone is 2. The topological polar surface area (TPSA) is 13.1 Å². The molecule has 0 aromatic carbocycles. The van der Waals surface area contributed by atoms with Crippen LogP contribution in [-0.2, 0) is 12.8 Å². The minimum Gasteiger partial charge on any atom is -0.461 e. The zero-order chi connectivity index (χ0) is 10.4. The van der Waals surface area contributed by atoms with Crippen LogP contribution in [0.4, 0.5) is 0 Å². The van der Waals surface area contributed by atoms with Gasteiger partial charge in [0.2, 0.25) is 0 Å². The van der Waals surface area contributed by atoms with E-state index in [2.05, 4.69) is 13.9 Å². The monoisotopic (exact) mass is 218 g/mol. The number of fused-ring (bicyclic) bond motifs is 3. The van der Waals surface area contributed by atoms with Crippen molar-refractivity contribution in [3.63, 3.8) is 0 Å². The molecule has 3 rings (SSSR count). The Morgan fingerprint density at radius 1 is 1.47 bits per heavy atom. The van der Waals surface area contributed by atoms with Crippen LogP contribution in [0.25, 0.3) is 11.5 Å². The molecule has 0 fully saturated rings. The summed E-state index contributed by atoms with van der Waals surface area (Å²) in [5.74, 6) is 2.17. The molecule has 1 aromatic heterocycles. The molecule has 76 valence electrons. The van der Waals surface area contributed by atoms with Crippen molar-refractivity contribution in [2.45, 2.75) is 24.6 Å². The maximum atomic E-state index is 6.14. The molecule has 15 heavy (non-hydrogen) atoms. The van der Waals surface area contributed by atoms with Crippen LogP contribution in [-0.4, -0.2) is 13.2 Å². The summed E-state index contributed by atoms with van der Waals surface area (Å²) in [5, 5.41) is 0.119. The van der Waals surface area contributed by atoms with Crippen LogP contribution < -0.4 is 0 Å². The first-order chi connectivity index (χ1) is 7.25. The molecule has 0 saturated heterocycles. The first kappa shape index (κ1) is 9.35. The molecule has 1 nitrogen and oxygen atoms in total. The highest BCUT2D eigenvalue weighted by Crippen LogP contribution is 2.36. The Balaban J connectivity index is 2.19. The lowest BCUT2D eigenvalue weighted by Gasteiger charge is -2.13. The van der Waals surface area contributed by atoms with E-state index in [1.165, 1.54) is 16.6 Å². The summed E-state index contributed by atoms with van der Waals surface area (Å²) in [7, 11) is 2.16. The fourth-order valence-electron chi connectivity index (χ4n) is 2.48. The smallest absolute Gasteiger partial charge is 0.139 e. The van der Waals surface area contributed by atoms with Crippen molar-refractivity contribution in [2.75, 3.05) is 0 Å². The molecule has 1 aromatic rings. The van der Waals surface area contributed by atoms with E-state index in [4.69, 9.17) is 16.0 Å². The molecule has 0 saturated carbocycles. The zero-order valence-corrected chi connectivity index (χ0v) is 9.47. The Kier molecular flexibility index (Phi) is 2.06. The normalized spacial score (nSPS) is 23.3. The van der Waals surface area contributed by atoms with Gasteiger partial charge in [0.1, 0.15) is 19.4 Å². The van der Waals surface area contributed by atoms with Gasteiger partial charge >= 0.3 is 0 Å². The lowest BCUT2D eigenvalue weighted by molar-refractivity contribution is 0.496. The quantitative estimate of drug-likeness (QED) is 0.481. The summed E-state index contributed by atoms with van der Waals surface area (Å²) < 4.78 is 5.86. The van der Waals surface area contributed by atoms with E-state index in [1.54, 1.807) is 0 Å². The SMILES string of the molecule is BC1=CCCc2oc3c(c21)CC(Cl)C=C3. The second-order valence-electron chi connectivity index (χ2n) is 4.25. The van der Waals surface area contributed by atoms with Gasteiger partial charge in [-0.2, -0.15) is 0 Å². The third-order valence-corrected chi connectivity index (χ3v) is 3.48. The number of halogens is 1. The maximum Gasteiger partial charge on any atom is 0.139 e. The molecule has 1 atom stereocenters. The van der Waals surface area contributed by atoms with Gasteiger partial charge in [-0.05, 0) is 18.9 Å². The van der Waals surface area contributed by atoms with Crippen LogP contribution in [0.3, 0.4) is 0 Å². The maximum absolute atomic E-state index is 6.14. The standard InChI is InChI=1S/C12H12BClO/c13-9-2-1-3-11-12(9)8-6-7(14)4-5-10(8)15-11/h2,4-5,7H,1,3,6,13H2. The second kappa shape index (κ2) is 3.31. The number of hydrogen-bond donors (Lipinski definition) is 0. The molecule has 0 N–H and O–H groups in total. The first-order valence-corrected chi connectivity index (χ1v) is 5.83. The van der Waals surface area contributed by atoms with Crippen LogP contribution in [0.2, 0.25) is 0 Å². The highest BCUT2D eigenvalue weighted by molar-refractivity contribution is 6.42. The molecule has 1 unspecified atom stereocenters. The molecule has 2 aliphatic rings. The highest BCUT2D eigenvalue weighted by atomic mass is 35.5. The molecule has 0 aliphatic heterocycles. The van der Waals surface area contributed by atoms with E-state index in [9.17, 15) is 0 Å². The van der Waals surface area contributed by atoms with Gasteiger partial charge in [0.15, 0.2) is 0 Å². The number of furan rings is 1. The average molecular weight is 218 g/mol. The Labute approximate surface area is 95.2 Å². The Bertz CT molecular complexity index is 470. The van der Waals surface area contributed by atoms with Crippen molar-refractivity contribution in [2.24, 2.45) is 0 Å². The predicted octanol–water partition coefficient (Wildman–Crippen LogP) is 2.38. The third kappa shape index (κ3) is 1.39. The number of rotatable bonds is 0. The van der Waals surface area contributed by atoms with Gasteiger partial charge in [-0.1, -0.05) is 17.6 Å². The van der Waals surface area contributed by atoms with E-state index in [0.717, 1.165) is 30.8 Å². The van der Waals surface area contributed by atoms with Crippen molar-refractivity contribution in [1.82, 2.24) is 0 Å². The average Bonchev–Trinajstić information content (AvgIpc) is 2.57. The van der Waals surface area contributed by atoms with Crippen molar-refractivity contribution in [3.05, 3.63) is 34.8 Å². The van der Waals surface area contributed by atoms with Crippen LogP contribution >= 0.6 is 11.6 Å². The molecular formula is C12H12BClO. The number of aryl methyl sites for hydroxylation is 1. The Hall–Kier alpha value is -0.885. The molecule has 0 radical (unpaired) electrons. The summed E-state index contributed by atoms with van der Waals surface area (Å²) in [6.45, 7) is 0. The minimum atomic E-state index is 0.119. The molecule has 0 bridgehead atoms. The van der Waals surface area contributed by atoms with Gasteiger partial charge in [0.05, 0.1) is 5.38 Å². The van der Waals surface area contributed by atoms with Gasteiger partial charge < -0.3 is 4.42 Å². The number of hydrogen-bond acceptors (Lipinski definition) is 1. The fourth-order valence-corrected chi connectivity index (χ4v) is 2.71. The van der Waals surface area contributed by atoms with E-state index in [0.29, 0.717) is 0 Å². The van der Waals surface area contributed by atoms with E-state index in [1.807, 2.05) is 12.2 Å². The van der Waals surface area contributed by atoms with Crippen LogP contribution in [0.1, 0.15) is 29.1 Å². The Morgan fingerprint density at radius 3 is 3.20 bits per heavy atom. The lowest BCUT2D eigenvalue weighted by atomic mass is 9.80. The van der Waals surface area contributed by atoms with Crippen molar-refractivity contribution in [1.29, 1.82) is 0 Å². The Morgan fingerprint density at radius 2 is 2.33 bits per heavy atom. The van der Waals surface area contributed by atoms with Crippen LogP contribution in [0.5, 0.6) is 0 Å². The van der Waals surface area contributed by atoms with E-state index < -0.39 is 0 Å². The summed E-state index contributed by atoms with van der Waals surface area (Å²) in [4.78, 5) is 0. The summed E-state index contributed by atoms with van der Waals surface area (Å²) >= 11 is 6.14. The fraction of sp³-hybridized carbons (Fsp3) is 0.333. The van der Waals surface area contributed by atoms with Crippen LogP contribution in [0.15, 0.2) is 16.6 Å². The van der Waals surface area contributed by atoms with Gasteiger partial charge in [0.25, 0.3) is 0 Å². The lowest BCUT2D eigenvalue weighted by Crippen LogP contribution is -2.07. The number of alkyl halides is 1. The molecule has 2 aliphatic carbocycles. The largest absolute Gasteiger partial charge is 0.461 e. The third-order valence-electron chi connectivity index (χ3n) is 3.18. The summed E-state index contributed by atoms with van der Waals surface area (Å²) in [6, 6.07) is 0. The van der Waals surface area contributed by atoms with Gasteiger partial charge in [-0.15, -0.1) is 11.6 Å². The molecule has 3 heteroatoms. The van der Waals surface area contributed by atoms with Crippen molar-refractivity contribution >= 4 is 31.0 Å². The van der Waals surface area contributed by atoms with Crippen molar-refractivity contribution < 1.29 is 4.42 Å². The molecular weight excluding hydrogens is 206 g/mol. The molecule has 0 amide bonds. The second-order valence-corrected chi connectivity index (χ2v) is 4.81. The summed E-state index contributed by atoms with van der Waals surface area (Å²) in [5.41, 5.74) is 3.98. The van der Waals surface area contributed by atoms with Gasteiger partial charge in [-0.25, -0.2) is 0 Å².